The molecular formula is C19H35N7O2S. The van der Waals surface area contributed by atoms with Crippen molar-refractivity contribution in [3.63, 3.8) is 0 Å². The van der Waals surface area contributed by atoms with Gasteiger partial charge in [-0.25, -0.2) is 22.8 Å². The van der Waals surface area contributed by atoms with Gasteiger partial charge in [0.05, 0.1) is 18.8 Å². The van der Waals surface area contributed by atoms with E-state index in [9.17, 15) is 8.42 Å². The lowest BCUT2D eigenvalue weighted by Crippen LogP contribution is -2.47. The third-order valence-corrected chi connectivity index (χ3v) is 6.85. The van der Waals surface area contributed by atoms with E-state index in [0.717, 1.165) is 50.4 Å². The topological polar surface area (TPSA) is 113 Å². The zero-order valence-electron chi connectivity index (χ0n) is 17.8. The smallest absolute Gasteiger partial charge is 0.213 e. The van der Waals surface area contributed by atoms with Crippen molar-refractivity contribution >= 4 is 16.0 Å². The van der Waals surface area contributed by atoms with Crippen LogP contribution >= 0.6 is 0 Å². The molecule has 29 heavy (non-hydrogen) atoms. The van der Waals surface area contributed by atoms with Crippen molar-refractivity contribution in [3.05, 3.63) is 11.6 Å². The van der Waals surface area contributed by atoms with Crippen molar-refractivity contribution in [3.8, 4) is 0 Å². The lowest BCUT2D eigenvalue weighted by molar-refractivity contribution is 0.316. The van der Waals surface area contributed by atoms with Crippen LogP contribution in [-0.4, -0.2) is 60.6 Å². The number of fused-ring (bicyclic) bond motifs is 1. The van der Waals surface area contributed by atoms with Gasteiger partial charge in [-0.1, -0.05) is 20.3 Å². The summed E-state index contributed by atoms with van der Waals surface area (Å²) >= 11 is 0. The van der Waals surface area contributed by atoms with E-state index in [1.165, 1.54) is 6.42 Å². The van der Waals surface area contributed by atoms with Crippen molar-refractivity contribution in [2.75, 3.05) is 25.4 Å². The SMILES string of the molecule is CCNC(=NCCS(=O)(=O)NCC1CCC1)NC1CCc2nc(C(C)C)nn2C1. The Morgan fingerprint density at radius 2 is 2.10 bits per heavy atom. The summed E-state index contributed by atoms with van der Waals surface area (Å²) in [6.07, 6.45) is 5.29. The highest BCUT2D eigenvalue weighted by Gasteiger charge is 2.23. The molecule has 0 bridgehead atoms. The molecule has 1 aliphatic carbocycles. The summed E-state index contributed by atoms with van der Waals surface area (Å²) in [6.45, 7) is 8.45. The maximum atomic E-state index is 12.2. The van der Waals surface area contributed by atoms with Crippen LogP contribution in [0.4, 0.5) is 0 Å². The molecule has 2 heterocycles. The second-order valence-electron chi connectivity index (χ2n) is 8.33. The fourth-order valence-electron chi connectivity index (χ4n) is 3.50. The van der Waals surface area contributed by atoms with Crippen molar-refractivity contribution in [1.29, 1.82) is 0 Å². The first kappa shape index (κ1) is 22.0. The second kappa shape index (κ2) is 9.88. The Morgan fingerprint density at radius 1 is 1.31 bits per heavy atom. The van der Waals surface area contributed by atoms with Crippen LogP contribution in [0, 0.1) is 5.92 Å². The Kier molecular flexibility index (Phi) is 7.50. The fourth-order valence-corrected chi connectivity index (χ4v) is 4.46. The fraction of sp³-hybridized carbons (Fsp3) is 0.842. The number of aliphatic imine (C=N–C) groups is 1. The average molecular weight is 426 g/mol. The summed E-state index contributed by atoms with van der Waals surface area (Å²) < 4.78 is 29.0. The molecule has 0 aromatic carbocycles. The van der Waals surface area contributed by atoms with Crippen LogP contribution < -0.4 is 15.4 Å². The third kappa shape index (κ3) is 6.40. The van der Waals surface area contributed by atoms with E-state index in [1.807, 2.05) is 11.6 Å². The Balaban J connectivity index is 1.51. The number of hydrogen-bond acceptors (Lipinski definition) is 5. The van der Waals surface area contributed by atoms with Gasteiger partial charge in [-0.2, -0.15) is 5.10 Å². The molecule has 1 atom stereocenters. The highest BCUT2D eigenvalue weighted by Crippen LogP contribution is 2.25. The number of nitrogens with one attached hydrogen (secondary N) is 3. The van der Waals surface area contributed by atoms with Crippen molar-refractivity contribution in [2.45, 2.75) is 71.4 Å². The monoisotopic (exact) mass is 425 g/mol. The zero-order chi connectivity index (χ0) is 20.9. The molecule has 1 saturated carbocycles. The molecule has 2 aliphatic rings. The van der Waals surface area contributed by atoms with Gasteiger partial charge in [0.2, 0.25) is 10.0 Å². The number of sulfonamides is 1. The number of aryl methyl sites for hydroxylation is 1. The van der Waals surface area contributed by atoms with Gasteiger partial charge in [-0.15, -0.1) is 0 Å². The van der Waals surface area contributed by atoms with E-state index in [0.29, 0.717) is 24.3 Å². The Bertz CT molecular complexity index is 799. The minimum Gasteiger partial charge on any atom is -0.357 e. The number of hydrogen-bond donors (Lipinski definition) is 3. The van der Waals surface area contributed by atoms with E-state index in [1.54, 1.807) is 0 Å². The summed E-state index contributed by atoms with van der Waals surface area (Å²) in [5.74, 6) is 3.42. The van der Waals surface area contributed by atoms with Crippen LogP contribution in [0.2, 0.25) is 0 Å². The predicted octanol–water partition coefficient (Wildman–Crippen LogP) is 0.991. The van der Waals surface area contributed by atoms with Gasteiger partial charge in [-0.3, -0.25) is 4.99 Å². The van der Waals surface area contributed by atoms with Crippen molar-refractivity contribution in [1.82, 2.24) is 30.1 Å². The summed E-state index contributed by atoms with van der Waals surface area (Å²) in [5.41, 5.74) is 0. The molecule has 3 rings (SSSR count). The quantitative estimate of drug-likeness (QED) is 0.402. The lowest BCUT2D eigenvalue weighted by Gasteiger charge is -2.25. The molecule has 1 aromatic heterocycles. The Morgan fingerprint density at radius 3 is 2.76 bits per heavy atom. The van der Waals surface area contributed by atoms with E-state index in [2.05, 4.69) is 44.3 Å². The molecule has 1 fully saturated rings. The summed E-state index contributed by atoms with van der Waals surface area (Å²) in [4.78, 5) is 9.09. The Labute approximate surface area is 174 Å². The first-order chi connectivity index (χ1) is 13.9. The molecule has 164 valence electrons. The van der Waals surface area contributed by atoms with Gasteiger partial charge >= 0.3 is 0 Å². The second-order valence-corrected chi connectivity index (χ2v) is 10.3. The Hall–Kier alpha value is -1.68. The van der Waals surface area contributed by atoms with E-state index >= 15 is 0 Å². The van der Waals surface area contributed by atoms with E-state index in [-0.39, 0.29) is 18.3 Å². The van der Waals surface area contributed by atoms with Crippen molar-refractivity contribution < 1.29 is 8.42 Å². The molecule has 0 saturated heterocycles. The minimum absolute atomic E-state index is 0.00589. The van der Waals surface area contributed by atoms with Crippen molar-refractivity contribution in [2.24, 2.45) is 10.9 Å². The molecule has 9 nitrogen and oxygen atoms in total. The zero-order valence-corrected chi connectivity index (χ0v) is 18.6. The first-order valence-electron chi connectivity index (χ1n) is 10.8. The largest absolute Gasteiger partial charge is 0.357 e. The van der Waals surface area contributed by atoms with Gasteiger partial charge in [0, 0.05) is 31.5 Å². The highest BCUT2D eigenvalue weighted by molar-refractivity contribution is 7.89. The summed E-state index contributed by atoms with van der Waals surface area (Å²) in [5, 5.41) is 11.2. The molecule has 0 spiro atoms. The number of aromatic nitrogens is 3. The van der Waals surface area contributed by atoms with Gasteiger partial charge in [-0.05, 0) is 32.1 Å². The standard InChI is InChI=1S/C19H35N7O2S/c1-4-20-19(21-10-11-29(27,28)22-12-15-6-5-7-15)23-16-8-9-17-24-18(14(2)3)25-26(17)13-16/h14-16,22H,4-13H2,1-3H3,(H2,20,21,23). The molecule has 1 aliphatic heterocycles. The third-order valence-electron chi connectivity index (χ3n) is 5.52. The van der Waals surface area contributed by atoms with Crippen LogP contribution in [0.3, 0.4) is 0 Å². The van der Waals surface area contributed by atoms with Crippen LogP contribution in [0.1, 0.15) is 64.0 Å². The molecule has 10 heteroatoms. The van der Waals surface area contributed by atoms with Crippen LogP contribution in [0.5, 0.6) is 0 Å². The molecule has 3 N–H and O–H groups in total. The van der Waals surface area contributed by atoms with E-state index < -0.39 is 10.0 Å². The average Bonchev–Trinajstić information content (AvgIpc) is 3.04. The van der Waals surface area contributed by atoms with Crippen LogP contribution in [-0.2, 0) is 23.0 Å². The molecule has 0 radical (unpaired) electrons. The number of rotatable bonds is 9. The summed E-state index contributed by atoms with van der Waals surface area (Å²) in [7, 11) is -3.28. The first-order valence-corrected chi connectivity index (χ1v) is 12.5. The number of guanidine groups is 1. The number of nitrogens with zero attached hydrogens (tertiary/aromatic N) is 4. The van der Waals surface area contributed by atoms with E-state index in [4.69, 9.17) is 0 Å². The van der Waals surface area contributed by atoms with Gasteiger partial charge in [0.1, 0.15) is 5.82 Å². The van der Waals surface area contributed by atoms with Crippen LogP contribution in [0.25, 0.3) is 0 Å². The van der Waals surface area contributed by atoms with Gasteiger partial charge < -0.3 is 10.6 Å². The van der Waals surface area contributed by atoms with Gasteiger partial charge in [0.15, 0.2) is 11.8 Å². The normalized spacial score (nSPS) is 20.4. The van der Waals surface area contributed by atoms with Gasteiger partial charge in [0.25, 0.3) is 0 Å². The maximum absolute atomic E-state index is 12.2. The van der Waals surface area contributed by atoms with Crippen LogP contribution in [0.15, 0.2) is 4.99 Å². The highest BCUT2D eigenvalue weighted by atomic mass is 32.2. The lowest BCUT2D eigenvalue weighted by atomic mass is 9.86. The minimum atomic E-state index is -3.28. The maximum Gasteiger partial charge on any atom is 0.213 e. The predicted molar refractivity (Wildman–Crippen MR) is 114 cm³/mol. The molecule has 0 amide bonds. The molecular weight excluding hydrogens is 390 g/mol. The molecule has 1 unspecified atom stereocenters. The molecule has 1 aromatic rings. The summed E-state index contributed by atoms with van der Waals surface area (Å²) in [6, 6.07) is 0.190.